The Balaban J connectivity index is 1.56. The molecular weight excluding hydrogens is 357 g/mol. The number of nitrogens with zero attached hydrogens (tertiary/aromatic N) is 2. The van der Waals surface area contributed by atoms with E-state index in [-0.39, 0.29) is 17.4 Å². The number of anilines is 2. The van der Waals surface area contributed by atoms with Crippen LogP contribution in [0.1, 0.15) is 32.8 Å². The SMILES string of the molecule is O=C(Nc1ccc(F)cc1)c1cc(C(=O)N2CCCc3ccccc32)ccn1. The maximum atomic E-state index is 13.1. The minimum Gasteiger partial charge on any atom is -0.321 e. The molecule has 0 radical (unpaired) electrons. The molecule has 140 valence electrons. The molecule has 1 N–H and O–H groups in total. The van der Waals surface area contributed by atoms with Crippen LogP contribution in [0.5, 0.6) is 0 Å². The molecule has 4 rings (SSSR count). The van der Waals surface area contributed by atoms with Gasteiger partial charge in [0.2, 0.25) is 0 Å². The highest BCUT2D eigenvalue weighted by Crippen LogP contribution is 2.28. The van der Waals surface area contributed by atoms with Crippen LogP contribution in [-0.4, -0.2) is 23.3 Å². The minimum atomic E-state index is -0.458. The molecule has 0 saturated carbocycles. The molecule has 1 aliphatic rings. The zero-order valence-corrected chi connectivity index (χ0v) is 15.1. The molecule has 1 aromatic heterocycles. The van der Waals surface area contributed by atoms with Crippen LogP contribution in [0.3, 0.4) is 0 Å². The molecule has 5 nitrogen and oxygen atoms in total. The van der Waals surface area contributed by atoms with Crippen LogP contribution in [-0.2, 0) is 6.42 Å². The highest BCUT2D eigenvalue weighted by atomic mass is 19.1. The normalized spacial score (nSPS) is 13.0. The molecule has 3 aromatic rings. The second-order valence-corrected chi connectivity index (χ2v) is 6.58. The molecule has 2 aromatic carbocycles. The number of pyridine rings is 1. The Morgan fingerprint density at radius 3 is 2.64 bits per heavy atom. The predicted octanol–water partition coefficient (Wildman–Crippen LogP) is 4.07. The van der Waals surface area contributed by atoms with Gasteiger partial charge in [-0.2, -0.15) is 0 Å². The number of amides is 2. The topological polar surface area (TPSA) is 62.3 Å². The number of rotatable bonds is 3. The highest BCUT2D eigenvalue weighted by Gasteiger charge is 2.24. The Labute approximate surface area is 161 Å². The van der Waals surface area contributed by atoms with Crippen molar-refractivity contribution in [3.63, 3.8) is 0 Å². The maximum absolute atomic E-state index is 13.1. The second kappa shape index (κ2) is 7.60. The Morgan fingerprint density at radius 2 is 1.82 bits per heavy atom. The van der Waals surface area contributed by atoms with E-state index in [1.807, 2.05) is 24.3 Å². The average Bonchev–Trinajstić information content (AvgIpc) is 2.74. The van der Waals surface area contributed by atoms with Gasteiger partial charge in [0.05, 0.1) is 0 Å². The molecule has 6 heteroatoms. The predicted molar refractivity (Wildman–Crippen MR) is 105 cm³/mol. The number of aryl methyl sites for hydroxylation is 1. The van der Waals surface area contributed by atoms with E-state index in [0.29, 0.717) is 17.8 Å². The lowest BCUT2D eigenvalue weighted by molar-refractivity contribution is 0.0985. The number of para-hydroxylation sites is 1. The van der Waals surface area contributed by atoms with Crippen molar-refractivity contribution in [2.45, 2.75) is 12.8 Å². The molecule has 28 heavy (non-hydrogen) atoms. The van der Waals surface area contributed by atoms with Crippen molar-refractivity contribution in [2.24, 2.45) is 0 Å². The zero-order chi connectivity index (χ0) is 19.5. The summed E-state index contributed by atoms with van der Waals surface area (Å²) in [5, 5.41) is 2.65. The van der Waals surface area contributed by atoms with E-state index in [0.717, 1.165) is 24.1 Å². The van der Waals surface area contributed by atoms with Crippen LogP contribution in [0.4, 0.5) is 15.8 Å². The molecule has 0 bridgehead atoms. The van der Waals surface area contributed by atoms with Gasteiger partial charge in [0.25, 0.3) is 11.8 Å². The van der Waals surface area contributed by atoms with Gasteiger partial charge in [-0.15, -0.1) is 0 Å². The molecule has 2 heterocycles. The third-order valence-corrected chi connectivity index (χ3v) is 4.70. The van der Waals surface area contributed by atoms with Crippen molar-refractivity contribution in [3.05, 3.63) is 89.5 Å². The quantitative estimate of drug-likeness (QED) is 0.751. The summed E-state index contributed by atoms with van der Waals surface area (Å²) in [4.78, 5) is 31.3. The molecule has 0 unspecified atom stereocenters. The van der Waals surface area contributed by atoms with Gasteiger partial charge in [-0.1, -0.05) is 18.2 Å². The van der Waals surface area contributed by atoms with E-state index in [4.69, 9.17) is 0 Å². The Hall–Kier alpha value is -3.54. The fourth-order valence-corrected chi connectivity index (χ4v) is 3.32. The fourth-order valence-electron chi connectivity index (χ4n) is 3.32. The van der Waals surface area contributed by atoms with Crippen molar-refractivity contribution in [3.8, 4) is 0 Å². The molecule has 0 fully saturated rings. The molecule has 0 saturated heterocycles. The number of hydrogen-bond acceptors (Lipinski definition) is 3. The molecule has 1 aliphatic heterocycles. The van der Waals surface area contributed by atoms with Crippen LogP contribution in [0.15, 0.2) is 66.9 Å². The highest BCUT2D eigenvalue weighted by molar-refractivity contribution is 6.09. The summed E-state index contributed by atoms with van der Waals surface area (Å²) in [6.45, 7) is 0.634. The van der Waals surface area contributed by atoms with Gasteiger partial charge in [-0.3, -0.25) is 14.6 Å². The van der Waals surface area contributed by atoms with Gasteiger partial charge >= 0.3 is 0 Å². The first-order valence-electron chi connectivity index (χ1n) is 9.04. The number of carbonyl (C=O) groups is 2. The van der Waals surface area contributed by atoms with E-state index in [1.54, 1.807) is 11.0 Å². The number of halogens is 1. The van der Waals surface area contributed by atoms with Crippen molar-refractivity contribution in [1.82, 2.24) is 4.98 Å². The van der Waals surface area contributed by atoms with Crippen LogP contribution in [0.2, 0.25) is 0 Å². The number of aromatic nitrogens is 1. The monoisotopic (exact) mass is 375 g/mol. The Kier molecular flexibility index (Phi) is 4.85. The Bertz CT molecular complexity index is 1030. The first kappa shape index (κ1) is 17.9. The standard InChI is InChI=1S/C22H18FN3O2/c23-17-7-9-18(10-8-17)25-21(27)19-14-16(11-12-24-19)22(28)26-13-3-5-15-4-1-2-6-20(15)26/h1-2,4,6-12,14H,3,5,13H2,(H,25,27). The summed E-state index contributed by atoms with van der Waals surface area (Å²) in [5.74, 6) is -1.00. The number of carbonyl (C=O) groups excluding carboxylic acids is 2. The van der Waals surface area contributed by atoms with Gasteiger partial charge in [0.15, 0.2) is 0 Å². The van der Waals surface area contributed by atoms with Crippen LogP contribution >= 0.6 is 0 Å². The van der Waals surface area contributed by atoms with E-state index < -0.39 is 5.91 Å². The molecular formula is C22H18FN3O2. The molecule has 0 aliphatic carbocycles. The van der Waals surface area contributed by atoms with Gasteiger partial charge in [0, 0.05) is 29.7 Å². The van der Waals surface area contributed by atoms with Crippen molar-refractivity contribution in [2.75, 3.05) is 16.8 Å². The maximum Gasteiger partial charge on any atom is 0.274 e. The van der Waals surface area contributed by atoms with Gasteiger partial charge < -0.3 is 10.2 Å². The zero-order valence-electron chi connectivity index (χ0n) is 15.1. The summed E-state index contributed by atoms with van der Waals surface area (Å²) in [7, 11) is 0. The van der Waals surface area contributed by atoms with Crippen molar-refractivity contribution >= 4 is 23.2 Å². The van der Waals surface area contributed by atoms with E-state index in [1.165, 1.54) is 36.5 Å². The van der Waals surface area contributed by atoms with Gasteiger partial charge in [-0.25, -0.2) is 4.39 Å². The molecule has 0 atom stereocenters. The Morgan fingerprint density at radius 1 is 1.04 bits per heavy atom. The van der Waals surface area contributed by atoms with Crippen LogP contribution in [0, 0.1) is 5.82 Å². The lowest BCUT2D eigenvalue weighted by Gasteiger charge is -2.29. The second-order valence-electron chi connectivity index (χ2n) is 6.58. The molecule has 0 spiro atoms. The lowest BCUT2D eigenvalue weighted by atomic mass is 10.0. The lowest BCUT2D eigenvalue weighted by Crippen LogP contribution is -2.35. The third-order valence-electron chi connectivity index (χ3n) is 4.70. The minimum absolute atomic E-state index is 0.125. The fraction of sp³-hybridized carbons (Fsp3) is 0.136. The van der Waals surface area contributed by atoms with E-state index in [2.05, 4.69) is 10.3 Å². The first-order valence-corrected chi connectivity index (χ1v) is 9.04. The van der Waals surface area contributed by atoms with E-state index >= 15 is 0 Å². The number of hydrogen-bond donors (Lipinski definition) is 1. The van der Waals surface area contributed by atoms with Crippen LogP contribution < -0.4 is 10.2 Å². The van der Waals surface area contributed by atoms with Gasteiger partial charge in [-0.05, 0) is 60.9 Å². The summed E-state index contributed by atoms with van der Waals surface area (Å²) in [5.41, 5.74) is 3.03. The smallest absolute Gasteiger partial charge is 0.274 e. The number of nitrogens with one attached hydrogen (secondary N) is 1. The van der Waals surface area contributed by atoms with E-state index in [9.17, 15) is 14.0 Å². The van der Waals surface area contributed by atoms with Crippen molar-refractivity contribution < 1.29 is 14.0 Å². The average molecular weight is 375 g/mol. The molecule has 2 amide bonds. The summed E-state index contributed by atoms with van der Waals surface area (Å²) in [6.07, 6.45) is 3.29. The summed E-state index contributed by atoms with van der Waals surface area (Å²) >= 11 is 0. The third kappa shape index (κ3) is 3.62. The summed E-state index contributed by atoms with van der Waals surface area (Å²) in [6, 6.07) is 16.4. The van der Waals surface area contributed by atoms with Crippen molar-refractivity contribution in [1.29, 1.82) is 0 Å². The first-order chi connectivity index (χ1) is 13.6. The van der Waals surface area contributed by atoms with Crippen LogP contribution in [0.25, 0.3) is 0 Å². The number of fused-ring (bicyclic) bond motifs is 1. The van der Waals surface area contributed by atoms with Gasteiger partial charge in [0.1, 0.15) is 11.5 Å². The largest absolute Gasteiger partial charge is 0.321 e. The number of benzene rings is 2. The summed E-state index contributed by atoms with van der Waals surface area (Å²) < 4.78 is 13.0.